The van der Waals surface area contributed by atoms with Crippen molar-refractivity contribution in [3.05, 3.63) is 70.9 Å². The van der Waals surface area contributed by atoms with Crippen LogP contribution in [0.3, 0.4) is 0 Å². The zero-order chi connectivity index (χ0) is 21.8. The summed E-state index contributed by atoms with van der Waals surface area (Å²) in [5, 5.41) is 11.4. The van der Waals surface area contributed by atoms with Crippen LogP contribution in [-0.2, 0) is 14.6 Å². The van der Waals surface area contributed by atoms with E-state index in [0.29, 0.717) is 10.6 Å². The number of hydrogen-bond donors (Lipinski definition) is 2. The number of sulfone groups is 1. The van der Waals surface area contributed by atoms with Crippen LogP contribution in [0, 0.1) is 11.8 Å². The summed E-state index contributed by atoms with van der Waals surface area (Å²) >= 11 is 1.37. The van der Waals surface area contributed by atoms with Gasteiger partial charge in [0.1, 0.15) is 5.75 Å². The Labute approximate surface area is 178 Å². The lowest BCUT2D eigenvalue weighted by Gasteiger charge is -2.22. The van der Waals surface area contributed by atoms with E-state index < -0.39 is 27.1 Å². The van der Waals surface area contributed by atoms with Gasteiger partial charge in [-0.05, 0) is 46.8 Å². The highest BCUT2D eigenvalue weighted by Crippen LogP contribution is 2.28. The molecule has 0 bridgehead atoms. The van der Waals surface area contributed by atoms with Crippen molar-refractivity contribution in [1.29, 1.82) is 0 Å². The molecule has 0 radical (unpaired) electrons. The quantitative estimate of drug-likeness (QED) is 0.568. The van der Waals surface area contributed by atoms with Crippen LogP contribution in [0.5, 0.6) is 5.75 Å². The number of methoxy groups -OCH3 is 1. The molecule has 6 nitrogen and oxygen atoms in total. The van der Waals surface area contributed by atoms with E-state index in [1.807, 2.05) is 17.5 Å². The van der Waals surface area contributed by atoms with Gasteiger partial charge in [0.2, 0.25) is 14.7 Å². The van der Waals surface area contributed by atoms with Gasteiger partial charge in [0, 0.05) is 0 Å². The minimum Gasteiger partial charge on any atom is -0.497 e. The normalized spacial score (nSPS) is 13.0. The molecule has 0 amide bonds. The number of benzene rings is 2. The summed E-state index contributed by atoms with van der Waals surface area (Å²) in [6.45, 7) is 0. The molecule has 0 aliphatic heterocycles. The summed E-state index contributed by atoms with van der Waals surface area (Å²) in [5.74, 6) is 4.40. The van der Waals surface area contributed by atoms with Crippen LogP contribution in [0.2, 0.25) is 0 Å². The van der Waals surface area contributed by atoms with E-state index in [1.54, 1.807) is 43.5 Å². The van der Waals surface area contributed by atoms with Crippen LogP contribution in [-0.4, -0.2) is 31.5 Å². The van der Waals surface area contributed by atoms with Gasteiger partial charge >= 0.3 is 5.97 Å². The van der Waals surface area contributed by atoms with Crippen molar-refractivity contribution < 1.29 is 23.1 Å². The van der Waals surface area contributed by atoms with E-state index in [2.05, 4.69) is 11.8 Å². The highest BCUT2D eigenvalue weighted by Gasteiger charge is 2.48. The van der Waals surface area contributed by atoms with Crippen LogP contribution in [0.1, 0.15) is 11.3 Å². The predicted molar refractivity (Wildman–Crippen MR) is 116 cm³/mol. The summed E-state index contributed by atoms with van der Waals surface area (Å²) in [5.41, 5.74) is 7.50. The third-order valence-electron chi connectivity index (χ3n) is 4.51. The molecule has 0 saturated heterocycles. The molecule has 8 heteroatoms. The fraction of sp³-hybridized carbons (Fsp3) is 0.136. The molecule has 0 aliphatic rings. The van der Waals surface area contributed by atoms with Crippen molar-refractivity contribution >= 4 is 27.1 Å². The van der Waals surface area contributed by atoms with Gasteiger partial charge in [-0.2, -0.15) is 0 Å². The van der Waals surface area contributed by atoms with Gasteiger partial charge in [0.05, 0.1) is 23.3 Å². The van der Waals surface area contributed by atoms with Crippen molar-refractivity contribution in [2.45, 2.75) is 16.2 Å². The lowest BCUT2D eigenvalue weighted by molar-refractivity contribution is -0.139. The maximum atomic E-state index is 13.0. The average Bonchev–Trinajstić information content (AvgIpc) is 3.27. The minimum absolute atomic E-state index is 0.178. The monoisotopic (exact) mass is 441 g/mol. The Morgan fingerprint density at radius 3 is 2.20 bits per heavy atom. The molecular formula is C22H19NO5S2. The second-order valence-electron chi connectivity index (χ2n) is 6.41. The highest BCUT2D eigenvalue weighted by molar-refractivity contribution is 7.93. The fourth-order valence-corrected chi connectivity index (χ4v) is 4.72. The molecule has 1 atom stereocenters. The maximum Gasteiger partial charge on any atom is 0.340 e. The van der Waals surface area contributed by atoms with E-state index >= 15 is 0 Å². The van der Waals surface area contributed by atoms with Gasteiger partial charge < -0.3 is 15.6 Å². The number of carbonyl (C=O) groups is 1. The minimum atomic E-state index is -4.39. The number of rotatable bonds is 6. The summed E-state index contributed by atoms with van der Waals surface area (Å²) in [6, 6.07) is 16.7. The van der Waals surface area contributed by atoms with E-state index in [1.165, 1.54) is 23.5 Å². The molecule has 0 saturated carbocycles. The number of nitrogens with two attached hydrogens (primary N) is 1. The molecule has 1 unspecified atom stereocenters. The Morgan fingerprint density at radius 1 is 1.10 bits per heavy atom. The smallest absolute Gasteiger partial charge is 0.340 e. The van der Waals surface area contributed by atoms with Crippen molar-refractivity contribution in [3.8, 4) is 28.7 Å². The summed E-state index contributed by atoms with van der Waals surface area (Å²) in [7, 11) is -2.82. The molecule has 3 N–H and O–H groups in total. The Balaban J connectivity index is 1.89. The maximum absolute atomic E-state index is 13.0. The summed E-state index contributed by atoms with van der Waals surface area (Å²) < 4.78 is 31.2. The molecule has 1 heterocycles. The first kappa shape index (κ1) is 21.6. The van der Waals surface area contributed by atoms with E-state index in [4.69, 9.17) is 10.5 Å². The van der Waals surface area contributed by atoms with Gasteiger partial charge in [-0.15, -0.1) is 11.3 Å². The van der Waals surface area contributed by atoms with Crippen molar-refractivity contribution in [3.63, 3.8) is 0 Å². The molecule has 0 aliphatic carbocycles. The van der Waals surface area contributed by atoms with Crippen LogP contribution in [0.4, 0.5) is 0 Å². The molecule has 1 aromatic heterocycles. The summed E-state index contributed by atoms with van der Waals surface area (Å²) in [4.78, 5) is 9.76. The molecule has 0 fully saturated rings. The Hall–Kier alpha value is -3.12. The third kappa shape index (κ3) is 4.24. The van der Waals surface area contributed by atoms with E-state index in [9.17, 15) is 18.3 Å². The number of ether oxygens (including phenoxy) is 1. The molecule has 2 aromatic carbocycles. The molecule has 0 spiro atoms. The Bertz CT molecular complexity index is 1190. The van der Waals surface area contributed by atoms with Gasteiger partial charge in [-0.25, -0.2) is 13.2 Å². The fourth-order valence-electron chi connectivity index (χ4n) is 2.72. The van der Waals surface area contributed by atoms with Gasteiger partial charge in [-0.1, -0.05) is 42.2 Å². The number of carboxylic acid groups (broad SMARTS) is 1. The Kier molecular flexibility index (Phi) is 6.27. The lowest BCUT2D eigenvalue weighted by atomic mass is 10.1. The van der Waals surface area contributed by atoms with Crippen molar-refractivity contribution in [2.24, 2.45) is 5.73 Å². The van der Waals surface area contributed by atoms with Crippen molar-refractivity contribution in [1.82, 2.24) is 0 Å². The molecular weight excluding hydrogens is 422 g/mol. The molecule has 30 heavy (non-hydrogen) atoms. The highest BCUT2D eigenvalue weighted by atomic mass is 32.2. The predicted octanol–water partition coefficient (Wildman–Crippen LogP) is 3.38. The number of hydrogen-bond acceptors (Lipinski definition) is 6. The van der Waals surface area contributed by atoms with Crippen LogP contribution in [0.15, 0.2) is 70.9 Å². The van der Waals surface area contributed by atoms with Crippen LogP contribution < -0.4 is 10.5 Å². The van der Waals surface area contributed by atoms with Gasteiger partial charge in [-0.3, -0.25) is 0 Å². The zero-order valence-electron chi connectivity index (χ0n) is 16.0. The molecule has 154 valence electrons. The SMILES string of the molecule is COc1ccc(-c2ccc(S(=O)(=O)C(N)(CC#Cc3cccs3)C(=O)O)cc2)cc1. The molecule has 3 rings (SSSR count). The number of thiophene rings is 1. The second kappa shape index (κ2) is 8.71. The van der Waals surface area contributed by atoms with Crippen molar-refractivity contribution in [2.75, 3.05) is 7.11 Å². The van der Waals surface area contributed by atoms with Crippen LogP contribution in [0.25, 0.3) is 11.1 Å². The third-order valence-corrected chi connectivity index (χ3v) is 7.47. The largest absolute Gasteiger partial charge is 0.497 e. The Morgan fingerprint density at radius 2 is 1.70 bits per heavy atom. The van der Waals surface area contributed by atoms with Crippen LogP contribution >= 0.6 is 11.3 Å². The first-order chi connectivity index (χ1) is 14.3. The summed E-state index contributed by atoms with van der Waals surface area (Å²) in [6.07, 6.45) is -0.539. The van der Waals surface area contributed by atoms with E-state index in [0.717, 1.165) is 11.1 Å². The lowest BCUT2D eigenvalue weighted by Crippen LogP contribution is -2.54. The van der Waals surface area contributed by atoms with Gasteiger partial charge in [0.15, 0.2) is 0 Å². The number of carboxylic acids is 1. The van der Waals surface area contributed by atoms with E-state index in [-0.39, 0.29) is 4.90 Å². The first-order valence-corrected chi connectivity index (χ1v) is 11.2. The molecule has 3 aromatic rings. The van der Waals surface area contributed by atoms with Gasteiger partial charge in [0.25, 0.3) is 0 Å². The second-order valence-corrected chi connectivity index (χ2v) is 9.56. The standard InChI is InChI=1S/C22H19NO5S2/c1-28-18-10-6-16(7-11-18)17-8-12-20(13-9-17)30(26,27)22(23,21(24)25)14-2-4-19-5-3-15-29-19/h3,5-13,15H,14,23H2,1H3,(H,24,25). The first-order valence-electron chi connectivity index (χ1n) is 8.82. The topological polar surface area (TPSA) is 107 Å². The number of aliphatic carboxylic acids is 1. The average molecular weight is 442 g/mol. The zero-order valence-corrected chi connectivity index (χ0v) is 17.7.